The summed E-state index contributed by atoms with van der Waals surface area (Å²) in [5.41, 5.74) is 3.25. The summed E-state index contributed by atoms with van der Waals surface area (Å²) >= 11 is 5.96. The minimum Gasteiger partial charge on any atom is -0.336 e. The van der Waals surface area contributed by atoms with E-state index in [1.807, 2.05) is 36.9 Å². The van der Waals surface area contributed by atoms with Crippen LogP contribution in [0, 0.1) is 13.8 Å². The van der Waals surface area contributed by atoms with Gasteiger partial charge in [-0.1, -0.05) is 35.4 Å². The van der Waals surface area contributed by atoms with E-state index in [0.29, 0.717) is 42.5 Å². The van der Waals surface area contributed by atoms with Crippen LogP contribution in [0.5, 0.6) is 0 Å². The Morgan fingerprint density at radius 1 is 1.00 bits per heavy atom. The molecule has 1 aliphatic heterocycles. The zero-order chi connectivity index (χ0) is 21.7. The molecule has 0 bridgehead atoms. The van der Waals surface area contributed by atoms with Crippen molar-refractivity contribution < 1.29 is 14.4 Å². The summed E-state index contributed by atoms with van der Waals surface area (Å²) in [5, 5.41) is 5.58. The normalized spacial score (nSPS) is 14.3. The van der Waals surface area contributed by atoms with Crippen LogP contribution in [0.1, 0.15) is 21.5 Å². The minimum absolute atomic E-state index is 0.0746. The predicted octanol–water partition coefficient (Wildman–Crippen LogP) is 3.06. The summed E-state index contributed by atoms with van der Waals surface area (Å²) in [7, 11) is 0. The number of urea groups is 1. The number of nitrogens with one attached hydrogen (secondary N) is 2. The van der Waals surface area contributed by atoms with Gasteiger partial charge in [0.25, 0.3) is 5.91 Å². The molecule has 0 atom stereocenters. The van der Waals surface area contributed by atoms with E-state index in [2.05, 4.69) is 10.6 Å². The smallest absolute Gasteiger partial charge is 0.325 e. The van der Waals surface area contributed by atoms with Crippen LogP contribution in [-0.4, -0.2) is 60.4 Å². The highest BCUT2D eigenvalue weighted by Gasteiger charge is 2.24. The van der Waals surface area contributed by atoms with Crippen LogP contribution in [-0.2, 0) is 4.79 Å². The average Bonchev–Trinajstić information content (AvgIpc) is 2.70. The molecule has 158 valence electrons. The average molecular weight is 429 g/mol. The van der Waals surface area contributed by atoms with Crippen molar-refractivity contribution in [3.05, 3.63) is 64.2 Å². The number of anilines is 1. The van der Waals surface area contributed by atoms with Crippen LogP contribution in [0.4, 0.5) is 10.5 Å². The lowest BCUT2D eigenvalue weighted by atomic mass is 10.1. The number of carbonyl (C=O) groups excluding carboxylic acids is 3. The number of carbonyl (C=O) groups is 3. The van der Waals surface area contributed by atoms with Crippen molar-refractivity contribution in [2.24, 2.45) is 0 Å². The molecule has 1 heterocycles. The van der Waals surface area contributed by atoms with E-state index in [0.717, 1.165) is 11.1 Å². The Bertz CT molecular complexity index is 955. The van der Waals surface area contributed by atoms with Gasteiger partial charge in [-0.05, 0) is 43.7 Å². The number of nitrogens with zero attached hydrogens (tertiary/aromatic N) is 2. The highest BCUT2D eigenvalue weighted by atomic mass is 35.5. The number of aryl methyl sites for hydroxylation is 2. The quantitative estimate of drug-likeness (QED) is 0.784. The molecule has 2 aromatic carbocycles. The Morgan fingerprint density at radius 3 is 2.40 bits per heavy atom. The van der Waals surface area contributed by atoms with Gasteiger partial charge in [-0.25, -0.2) is 4.79 Å². The molecule has 2 aromatic rings. The molecular formula is C22H25ClN4O3. The second-order valence-electron chi connectivity index (χ2n) is 7.40. The first-order valence-corrected chi connectivity index (χ1v) is 10.1. The first-order valence-electron chi connectivity index (χ1n) is 9.77. The van der Waals surface area contributed by atoms with Crippen molar-refractivity contribution in [1.29, 1.82) is 0 Å². The zero-order valence-electron chi connectivity index (χ0n) is 17.1. The molecule has 1 saturated heterocycles. The number of amides is 4. The number of imide groups is 1. The van der Waals surface area contributed by atoms with Crippen molar-refractivity contribution >= 4 is 35.1 Å². The largest absolute Gasteiger partial charge is 0.336 e. The third-order valence-corrected chi connectivity index (χ3v) is 5.22. The Morgan fingerprint density at radius 2 is 1.73 bits per heavy atom. The second kappa shape index (κ2) is 9.73. The Kier molecular flexibility index (Phi) is 7.07. The van der Waals surface area contributed by atoms with Crippen molar-refractivity contribution in [2.45, 2.75) is 13.8 Å². The van der Waals surface area contributed by atoms with Gasteiger partial charge in [-0.15, -0.1) is 0 Å². The van der Waals surface area contributed by atoms with Gasteiger partial charge in [0.15, 0.2) is 0 Å². The Hall–Kier alpha value is -2.90. The van der Waals surface area contributed by atoms with E-state index in [1.54, 1.807) is 29.2 Å². The van der Waals surface area contributed by atoms with Crippen molar-refractivity contribution in [3.63, 3.8) is 0 Å². The first kappa shape index (κ1) is 21.8. The third kappa shape index (κ3) is 5.81. The lowest BCUT2D eigenvalue weighted by Gasteiger charge is -2.34. The highest BCUT2D eigenvalue weighted by molar-refractivity contribution is 6.30. The standard InChI is InChI=1S/C22H25ClN4O3/c1-15-6-7-19(16(2)12-15)24-22(30)25-20(28)14-26-8-10-27(11-9-26)21(29)17-4-3-5-18(23)13-17/h3-7,12-13H,8-11,14H2,1-2H3,(H2,24,25,28,30). The minimum atomic E-state index is -0.554. The van der Waals surface area contributed by atoms with E-state index in [-0.39, 0.29) is 18.4 Å². The summed E-state index contributed by atoms with van der Waals surface area (Å²) in [5.74, 6) is -0.457. The monoisotopic (exact) mass is 428 g/mol. The van der Waals surface area contributed by atoms with Gasteiger partial charge in [0.1, 0.15) is 0 Å². The fraction of sp³-hybridized carbons (Fsp3) is 0.318. The molecular weight excluding hydrogens is 404 g/mol. The molecule has 0 aromatic heterocycles. The fourth-order valence-corrected chi connectivity index (χ4v) is 3.58. The van der Waals surface area contributed by atoms with Crippen LogP contribution >= 0.6 is 11.6 Å². The van der Waals surface area contributed by atoms with Gasteiger partial charge in [-0.3, -0.25) is 19.8 Å². The molecule has 7 nitrogen and oxygen atoms in total. The molecule has 2 N–H and O–H groups in total. The molecule has 0 spiro atoms. The molecule has 30 heavy (non-hydrogen) atoms. The molecule has 3 rings (SSSR count). The third-order valence-electron chi connectivity index (χ3n) is 4.98. The summed E-state index contributed by atoms with van der Waals surface area (Å²) in [6.07, 6.45) is 0. The lowest BCUT2D eigenvalue weighted by molar-refractivity contribution is -0.121. The maximum absolute atomic E-state index is 12.6. The second-order valence-corrected chi connectivity index (χ2v) is 7.84. The molecule has 0 unspecified atom stereocenters. The Labute approximate surface area is 181 Å². The first-order chi connectivity index (χ1) is 14.3. The van der Waals surface area contributed by atoms with E-state index < -0.39 is 6.03 Å². The molecule has 8 heteroatoms. The van der Waals surface area contributed by atoms with Gasteiger partial charge in [0.05, 0.1) is 6.54 Å². The SMILES string of the molecule is Cc1ccc(NC(=O)NC(=O)CN2CCN(C(=O)c3cccc(Cl)c3)CC2)c(C)c1. The van der Waals surface area contributed by atoms with Crippen molar-refractivity contribution in [1.82, 2.24) is 15.1 Å². The summed E-state index contributed by atoms with van der Waals surface area (Å²) < 4.78 is 0. The van der Waals surface area contributed by atoms with Crippen LogP contribution in [0.3, 0.4) is 0 Å². The van der Waals surface area contributed by atoms with Crippen LogP contribution in [0.25, 0.3) is 0 Å². The predicted molar refractivity (Wildman–Crippen MR) is 117 cm³/mol. The van der Waals surface area contributed by atoms with Crippen LogP contribution in [0.15, 0.2) is 42.5 Å². The van der Waals surface area contributed by atoms with E-state index in [4.69, 9.17) is 11.6 Å². The molecule has 0 saturated carbocycles. The number of piperazine rings is 1. The van der Waals surface area contributed by atoms with Crippen LogP contribution in [0.2, 0.25) is 5.02 Å². The number of halogens is 1. The maximum atomic E-state index is 12.6. The molecule has 1 aliphatic rings. The van der Waals surface area contributed by atoms with E-state index >= 15 is 0 Å². The number of rotatable bonds is 4. The van der Waals surface area contributed by atoms with Gasteiger partial charge < -0.3 is 10.2 Å². The Balaban J connectivity index is 1.44. The van der Waals surface area contributed by atoms with Gasteiger partial charge in [0, 0.05) is 42.5 Å². The summed E-state index contributed by atoms with van der Waals surface area (Å²) in [4.78, 5) is 40.5. The molecule has 1 fully saturated rings. The van der Waals surface area contributed by atoms with Gasteiger partial charge in [0.2, 0.25) is 5.91 Å². The number of hydrogen-bond acceptors (Lipinski definition) is 4. The van der Waals surface area contributed by atoms with Gasteiger partial charge >= 0.3 is 6.03 Å². The molecule has 0 radical (unpaired) electrons. The van der Waals surface area contributed by atoms with E-state index in [9.17, 15) is 14.4 Å². The number of benzene rings is 2. The van der Waals surface area contributed by atoms with Crippen LogP contribution < -0.4 is 10.6 Å². The zero-order valence-corrected chi connectivity index (χ0v) is 17.8. The summed E-state index contributed by atoms with van der Waals surface area (Å²) in [6.45, 7) is 6.09. The van der Waals surface area contributed by atoms with Gasteiger partial charge in [-0.2, -0.15) is 0 Å². The lowest BCUT2D eigenvalue weighted by Crippen LogP contribution is -2.51. The molecule has 0 aliphatic carbocycles. The number of hydrogen-bond donors (Lipinski definition) is 2. The van der Waals surface area contributed by atoms with Crippen molar-refractivity contribution in [3.8, 4) is 0 Å². The maximum Gasteiger partial charge on any atom is 0.325 e. The van der Waals surface area contributed by atoms with Crippen molar-refractivity contribution in [2.75, 3.05) is 38.0 Å². The topological polar surface area (TPSA) is 81.8 Å². The fourth-order valence-electron chi connectivity index (χ4n) is 3.39. The summed E-state index contributed by atoms with van der Waals surface area (Å²) in [6, 6.07) is 12.0. The van der Waals surface area contributed by atoms with E-state index in [1.165, 1.54) is 0 Å². The highest BCUT2D eigenvalue weighted by Crippen LogP contribution is 2.16. The molecule has 4 amide bonds.